The third kappa shape index (κ3) is 3.92. The van der Waals surface area contributed by atoms with Gasteiger partial charge >= 0.3 is 5.97 Å². The summed E-state index contributed by atoms with van der Waals surface area (Å²) in [6.07, 6.45) is 2.83. The number of methoxy groups -OCH3 is 1. The van der Waals surface area contributed by atoms with Crippen LogP contribution in [0.1, 0.15) is 12.8 Å². The number of nitrogens with zero attached hydrogens (tertiary/aromatic N) is 1. The van der Waals surface area contributed by atoms with Gasteiger partial charge in [-0.25, -0.2) is 9.78 Å². The number of nitrogens with one attached hydrogen (secondary N) is 1. The van der Waals surface area contributed by atoms with Crippen molar-refractivity contribution in [2.45, 2.75) is 18.9 Å². The van der Waals surface area contributed by atoms with Gasteiger partial charge in [0.15, 0.2) is 0 Å². The maximum absolute atomic E-state index is 11.4. The van der Waals surface area contributed by atoms with Crippen LogP contribution in [0.3, 0.4) is 0 Å². The molecule has 0 aliphatic carbocycles. The SMILES string of the molecule is COCCCC(Nc1nccc2c(Br)cccc12)C(=O)O. The number of hydrogen-bond donors (Lipinski definition) is 2. The van der Waals surface area contributed by atoms with E-state index < -0.39 is 12.0 Å². The Bertz CT molecular complexity index is 633. The minimum absolute atomic E-state index is 0.481. The molecule has 0 spiro atoms. The van der Waals surface area contributed by atoms with Crippen molar-refractivity contribution in [2.24, 2.45) is 0 Å². The van der Waals surface area contributed by atoms with E-state index in [1.807, 2.05) is 24.3 Å². The number of carboxylic acids is 1. The van der Waals surface area contributed by atoms with E-state index in [9.17, 15) is 9.90 Å². The lowest BCUT2D eigenvalue weighted by Crippen LogP contribution is -2.30. The first-order chi connectivity index (χ1) is 10.1. The van der Waals surface area contributed by atoms with Crippen LogP contribution < -0.4 is 5.32 Å². The van der Waals surface area contributed by atoms with E-state index in [1.165, 1.54) is 0 Å². The highest BCUT2D eigenvalue weighted by atomic mass is 79.9. The fourth-order valence-electron chi connectivity index (χ4n) is 2.14. The summed E-state index contributed by atoms with van der Waals surface area (Å²) < 4.78 is 5.92. The van der Waals surface area contributed by atoms with Crippen LogP contribution in [0.4, 0.5) is 5.82 Å². The van der Waals surface area contributed by atoms with Gasteiger partial charge in [0, 0.05) is 35.2 Å². The third-order valence-corrected chi connectivity index (χ3v) is 3.89. The molecule has 0 aliphatic rings. The summed E-state index contributed by atoms with van der Waals surface area (Å²) in [5, 5.41) is 14.2. The predicted molar refractivity (Wildman–Crippen MR) is 85.6 cm³/mol. The van der Waals surface area contributed by atoms with E-state index >= 15 is 0 Å². The van der Waals surface area contributed by atoms with E-state index in [0.29, 0.717) is 25.3 Å². The molecule has 0 aliphatic heterocycles. The molecule has 0 amide bonds. The molecule has 0 saturated heterocycles. The zero-order valence-electron chi connectivity index (χ0n) is 11.7. The normalized spacial score (nSPS) is 12.3. The highest BCUT2D eigenvalue weighted by Crippen LogP contribution is 2.28. The minimum atomic E-state index is -0.889. The number of aromatic nitrogens is 1. The van der Waals surface area contributed by atoms with E-state index in [4.69, 9.17) is 4.74 Å². The quantitative estimate of drug-likeness (QED) is 0.748. The lowest BCUT2D eigenvalue weighted by molar-refractivity contribution is -0.138. The molecule has 2 rings (SSSR count). The van der Waals surface area contributed by atoms with Gasteiger partial charge < -0.3 is 15.2 Å². The molecule has 0 radical (unpaired) electrons. The Morgan fingerprint density at radius 3 is 2.95 bits per heavy atom. The average Bonchev–Trinajstić information content (AvgIpc) is 2.47. The van der Waals surface area contributed by atoms with Crippen molar-refractivity contribution in [3.63, 3.8) is 0 Å². The summed E-state index contributed by atoms with van der Waals surface area (Å²) in [6, 6.07) is 6.98. The number of carbonyl (C=O) groups is 1. The molecule has 1 atom stereocenters. The number of benzene rings is 1. The highest BCUT2D eigenvalue weighted by Gasteiger charge is 2.18. The van der Waals surface area contributed by atoms with Gasteiger partial charge in [0.1, 0.15) is 11.9 Å². The van der Waals surface area contributed by atoms with Gasteiger partial charge in [-0.2, -0.15) is 0 Å². The number of ether oxygens (including phenoxy) is 1. The molecule has 1 unspecified atom stereocenters. The number of anilines is 1. The van der Waals surface area contributed by atoms with Gasteiger partial charge in [0.2, 0.25) is 0 Å². The second kappa shape index (κ2) is 7.38. The molecule has 112 valence electrons. The van der Waals surface area contributed by atoms with Crippen molar-refractivity contribution in [2.75, 3.05) is 19.0 Å². The Morgan fingerprint density at radius 1 is 1.43 bits per heavy atom. The van der Waals surface area contributed by atoms with Crippen molar-refractivity contribution in [3.05, 3.63) is 34.9 Å². The summed E-state index contributed by atoms with van der Waals surface area (Å²) in [5.41, 5.74) is 0. The molecule has 0 fully saturated rings. The van der Waals surface area contributed by atoms with Crippen LogP contribution in [0, 0.1) is 0 Å². The molecule has 2 aromatic rings. The van der Waals surface area contributed by atoms with Gasteiger partial charge in [-0.15, -0.1) is 0 Å². The van der Waals surface area contributed by atoms with Gasteiger partial charge in [-0.1, -0.05) is 28.1 Å². The highest BCUT2D eigenvalue weighted by molar-refractivity contribution is 9.10. The van der Waals surface area contributed by atoms with Crippen molar-refractivity contribution < 1.29 is 14.6 Å². The number of aliphatic carboxylic acids is 1. The number of hydrogen-bond acceptors (Lipinski definition) is 4. The van der Waals surface area contributed by atoms with Crippen LogP contribution in [-0.2, 0) is 9.53 Å². The predicted octanol–water partition coefficient (Wildman–Crippen LogP) is 3.29. The molecular formula is C15H17BrN2O3. The fourth-order valence-corrected chi connectivity index (χ4v) is 2.64. The zero-order chi connectivity index (χ0) is 15.2. The third-order valence-electron chi connectivity index (χ3n) is 3.20. The largest absolute Gasteiger partial charge is 0.480 e. The van der Waals surface area contributed by atoms with Crippen LogP contribution in [0.15, 0.2) is 34.9 Å². The Hall–Kier alpha value is -1.66. The molecule has 0 saturated carbocycles. The molecule has 6 heteroatoms. The van der Waals surface area contributed by atoms with Crippen LogP contribution in [-0.4, -0.2) is 35.8 Å². The molecule has 1 aromatic heterocycles. The molecular weight excluding hydrogens is 336 g/mol. The standard InChI is InChI=1S/C15H17BrN2O3/c1-21-9-3-6-13(15(19)20)18-14-11-4-2-5-12(16)10(11)7-8-17-14/h2,4-5,7-8,13H,3,6,9H2,1H3,(H,17,18)(H,19,20). The number of rotatable bonds is 7. The van der Waals surface area contributed by atoms with Crippen LogP contribution in [0.2, 0.25) is 0 Å². The van der Waals surface area contributed by atoms with Gasteiger partial charge in [0.05, 0.1) is 0 Å². The Morgan fingerprint density at radius 2 is 2.24 bits per heavy atom. The van der Waals surface area contributed by atoms with Gasteiger partial charge in [-0.05, 0) is 25.0 Å². The van der Waals surface area contributed by atoms with Crippen molar-refractivity contribution >= 4 is 38.5 Å². The first kappa shape index (κ1) is 15.7. The molecule has 1 heterocycles. The fraction of sp³-hybridized carbons (Fsp3) is 0.333. The molecule has 5 nitrogen and oxygen atoms in total. The zero-order valence-corrected chi connectivity index (χ0v) is 13.3. The van der Waals surface area contributed by atoms with E-state index in [1.54, 1.807) is 13.3 Å². The second-order valence-corrected chi connectivity index (χ2v) is 5.52. The number of halogens is 1. The average molecular weight is 353 g/mol. The maximum Gasteiger partial charge on any atom is 0.326 e. The molecule has 21 heavy (non-hydrogen) atoms. The van der Waals surface area contributed by atoms with Gasteiger partial charge in [0.25, 0.3) is 0 Å². The number of fused-ring (bicyclic) bond motifs is 1. The molecule has 0 bridgehead atoms. The maximum atomic E-state index is 11.4. The minimum Gasteiger partial charge on any atom is -0.480 e. The molecule has 2 N–H and O–H groups in total. The number of pyridine rings is 1. The summed E-state index contributed by atoms with van der Waals surface area (Å²) >= 11 is 3.49. The Kier molecular flexibility index (Phi) is 5.52. The van der Waals surface area contributed by atoms with Gasteiger partial charge in [-0.3, -0.25) is 0 Å². The monoisotopic (exact) mass is 352 g/mol. The lowest BCUT2D eigenvalue weighted by Gasteiger charge is -2.16. The molecule has 1 aromatic carbocycles. The van der Waals surface area contributed by atoms with Crippen LogP contribution in [0.5, 0.6) is 0 Å². The van der Waals surface area contributed by atoms with E-state index in [-0.39, 0.29) is 0 Å². The lowest BCUT2D eigenvalue weighted by atomic mass is 10.1. The Balaban J connectivity index is 2.24. The number of carboxylic acid groups (broad SMARTS) is 1. The second-order valence-electron chi connectivity index (χ2n) is 4.66. The van der Waals surface area contributed by atoms with Crippen molar-refractivity contribution in [1.82, 2.24) is 4.98 Å². The summed E-state index contributed by atoms with van der Waals surface area (Å²) in [5.74, 6) is -0.307. The van der Waals surface area contributed by atoms with Crippen molar-refractivity contribution in [1.29, 1.82) is 0 Å². The van der Waals surface area contributed by atoms with Crippen molar-refractivity contribution in [3.8, 4) is 0 Å². The van der Waals surface area contributed by atoms with E-state index in [0.717, 1.165) is 15.2 Å². The van der Waals surface area contributed by atoms with Crippen LogP contribution >= 0.6 is 15.9 Å². The smallest absolute Gasteiger partial charge is 0.326 e. The summed E-state index contributed by atoms with van der Waals surface area (Å²) in [6.45, 7) is 0.542. The topological polar surface area (TPSA) is 71.5 Å². The first-order valence-electron chi connectivity index (χ1n) is 6.65. The van der Waals surface area contributed by atoms with Crippen LogP contribution in [0.25, 0.3) is 10.8 Å². The summed E-state index contributed by atoms with van der Waals surface area (Å²) in [7, 11) is 1.60. The first-order valence-corrected chi connectivity index (χ1v) is 7.44. The Labute approximate surface area is 131 Å². The van der Waals surface area contributed by atoms with E-state index in [2.05, 4.69) is 26.2 Å². The summed E-state index contributed by atoms with van der Waals surface area (Å²) in [4.78, 5) is 15.6.